The summed E-state index contributed by atoms with van der Waals surface area (Å²) in [6.07, 6.45) is 1.89. The molecule has 36 valence electrons. The lowest BCUT2D eigenvalue weighted by molar-refractivity contribution is 0.931. The first-order valence-corrected chi connectivity index (χ1v) is 2.16. The first kappa shape index (κ1) is 5.54. The Balaban J connectivity index is 2.83. The molecule has 0 heterocycles. The second-order valence-electron chi connectivity index (χ2n) is 1.35. The summed E-state index contributed by atoms with van der Waals surface area (Å²) >= 11 is 0. The van der Waals surface area contributed by atoms with E-state index in [4.69, 9.17) is 5.73 Å². The number of hydrogen-bond donors (Lipinski definition) is 0. The normalized spacial score (nSPS) is 8.17. The van der Waals surface area contributed by atoms with Gasteiger partial charge in [0.1, 0.15) is 0 Å². The molecule has 1 nitrogen and oxygen atoms in total. The van der Waals surface area contributed by atoms with Crippen molar-refractivity contribution >= 4 is 0 Å². The highest BCUT2D eigenvalue weighted by Crippen LogP contribution is 1.98. The maximum atomic E-state index is 6.78. The molecule has 6 heavy (non-hydrogen) atoms. The highest BCUT2D eigenvalue weighted by Gasteiger charge is 1.68. The Kier molecular flexibility index (Phi) is 2.55. The molecular weight excluding hydrogens is 74.1 g/mol. The van der Waals surface area contributed by atoms with Crippen LogP contribution in [0.2, 0.25) is 0 Å². The Hall–Kier alpha value is -0.460. The summed E-state index contributed by atoms with van der Waals surface area (Å²) < 4.78 is 0. The van der Waals surface area contributed by atoms with Gasteiger partial charge in [-0.1, -0.05) is 13.3 Å². The molecule has 1 N–H and O–H groups in total. The van der Waals surface area contributed by atoms with Crippen LogP contribution in [0.25, 0.3) is 5.73 Å². The van der Waals surface area contributed by atoms with Gasteiger partial charge in [-0.25, -0.2) is 0 Å². The fourth-order valence-electron chi connectivity index (χ4n) is 0.302. The Morgan fingerprint density at radius 2 is 2.33 bits per heavy atom. The van der Waals surface area contributed by atoms with Crippen LogP contribution in [0, 0.1) is 0 Å². The van der Waals surface area contributed by atoms with Gasteiger partial charge in [0.15, 0.2) is 0 Å². The van der Waals surface area contributed by atoms with E-state index in [1.165, 1.54) is 0 Å². The van der Waals surface area contributed by atoms with Gasteiger partial charge >= 0.3 is 0 Å². The van der Waals surface area contributed by atoms with Crippen LogP contribution in [0.1, 0.15) is 19.8 Å². The fourth-order valence-corrected chi connectivity index (χ4v) is 0.302. The molecule has 0 rings (SSSR count). The van der Waals surface area contributed by atoms with E-state index in [0.717, 1.165) is 12.8 Å². The van der Waals surface area contributed by atoms with Gasteiger partial charge in [-0.05, 0) is 6.42 Å². The number of nitrogens with one attached hydrogen (secondary N) is 1. The predicted molar refractivity (Wildman–Crippen MR) is 28.4 cm³/mol. The Morgan fingerprint density at radius 1 is 1.83 bits per heavy atom. The van der Waals surface area contributed by atoms with E-state index in [2.05, 4.69) is 6.58 Å². The molecule has 0 spiro atoms. The molecule has 0 aromatic rings. The smallest absolute Gasteiger partial charge is 0.0498 e. The van der Waals surface area contributed by atoms with Crippen LogP contribution in [0.15, 0.2) is 12.3 Å². The maximum Gasteiger partial charge on any atom is -0.0498 e. The van der Waals surface area contributed by atoms with Gasteiger partial charge < -0.3 is 5.73 Å². The Bertz CT molecular complexity index is 47.9. The van der Waals surface area contributed by atoms with Crippen LogP contribution in [0.3, 0.4) is 0 Å². The summed E-state index contributed by atoms with van der Waals surface area (Å²) in [4.78, 5) is 0. The third kappa shape index (κ3) is 3.54. The van der Waals surface area contributed by atoms with Crippen LogP contribution in [0.4, 0.5) is 0 Å². The summed E-state index contributed by atoms with van der Waals surface area (Å²) in [7, 11) is 0. The topological polar surface area (TPSA) is 23.8 Å². The highest BCUT2D eigenvalue weighted by atomic mass is 14.5. The first-order valence-electron chi connectivity index (χ1n) is 2.16. The summed E-state index contributed by atoms with van der Waals surface area (Å²) in [6.45, 7) is 5.45. The summed E-state index contributed by atoms with van der Waals surface area (Å²) in [5.74, 6) is 0. The Labute approximate surface area is 38.8 Å². The molecule has 1 heteroatoms. The molecule has 0 bridgehead atoms. The van der Waals surface area contributed by atoms with Gasteiger partial charge in [-0.15, -0.1) is 6.58 Å². The molecule has 0 unspecified atom stereocenters. The van der Waals surface area contributed by atoms with Gasteiger partial charge in [-0.3, -0.25) is 0 Å². The van der Waals surface area contributed by atoms with Crippen LogP contribution < -0.4 is 0 Å². The van der Waals surface area contributed by atoms with Crippen molar-refractivity contribution in [2.24, 2.45) is 0 Å². The SMILES string of the molecule is C=C([NH-])CCC. The quantitative estimate of drug-likeness (QED) is 0.490. The fraction of sp³-hybridized carbons (Fsp3) is 0.600. The maximum absolute atomic E-state index is 6.78. The van der Waals surface area contributed by atoms with Crippen LogP contribution in [-0.4, -0.2) is 0 Å². The lowest BCUT2D eigenvalue weighted by atomic mass is 10.3. The van der Waals surface area contributed by atoms with Gasteiger partial charge in [0, 0.05) is 0 Å². The van der Waals surface area contributed by atoms with E-state index >= 15 is 0 Å². The van der Waals surface area contributed by atoms with Crippen molar-refractivity contribution in [1.82, 2.24) is 0 Å². The van der Waals surface area contributed by atoms with Crippen molar-refractivity contribution in [3.05, 3.63) is 18.0 Å². The monoisotopic (exact) mass is 84.1 g/mol. The van der Waals surface area contributed by atoms with Crippen molar-refractivity contribution in [3.63, 3.8) is 0 Å². The predicted octanol–water partition coefficient (Wildman–Crippen LogP) is 2.35. The first-order chi connectivity index (χ1) is 2.77. The third-order valence-corrected chi connectivity index (χ3v) is 0.552. The summed E-state index contributed by atoms with van der Waals surface area (Å²) in [5.41, 5.74) is 7.32. The lowest BCUT2D eigenvalue weighted by Crippen LogP contribution is -1.65. The number of rotatable bonds is 2. The lowest BCUT2D eigenvalue weighted by Gasteiger charge is -2.00. The minimum absolute atomic E-state index is 0.539. The average Bonchev–Trinajstić information content (AvgIpc) is 1.35. The van der Waals surface area contributed by atoms with Crippen molar-refractivity contribution in [3.8, 4) is 0 Å². The van der Waals surface area contributed by atoms with Crippen LogP contribution in [-0.2, 0) is 0 Å². The van der Waals surface area contributed by atoms with Gasteiger partial charge in [0.05, 0.1) is 0 Å². The molecule has 0 fully saturated rings. The molecule has 0 atom stereocenters. The van der Waals surface area contributed by atoms with Gasteiger partial charge in [-0.2, -0.15) is 5.70 Å². The minimum Gasteiger partial charge on any atom is -0.703 e. The van der Waals surface area contributed by atoms with Gasteiger partial charge in [0.25, 0.3) is 0 Å². The molecule has 0 aliphatic rings. The molecule has 0 aliphatic heterocycles. The molecule has 0 radical (unpaired) electrons. The van der Waals surface area contributed by atoms with E-state index in [1.807, 2.05) is 6.92 Å². The molecule has 0 saturated heterocycles. The molecule has 0 amide bonds. The van der Waals surface area contributed by atoms with Crippen molar-refractivity contribution < 1.29 is 0 Å². The van der Waals surface area contributed by atoms with Crippen LogP contribution >= 0.6 is 0 Å². The third-order valence-electron chi connectivity index (χ3n) is 0.552. The summed E-state index contributed by atoms with van der Waals surface area (Å²) in [5, 5.41) is 0. The summed E-state index contributed by atoms with van der Waals surface area (Å²) in [6, 6.07) is 0. The van der Waals surface area contributed by atoms with E-state index in [9.17, 15) is 0 Å². The van der Waals surface area contributed by atoms with Gasteiger partial charge in [0.2, 0.25) is 0 Å². The standard InChI is InChI=1S/C5H10N/c1-3-4-5(2)6/h6H,2-4H2,1H3/q-1. The van der Waals surface area contributed by atoms with Crippen molar-refractivity contribution in [1.29, 1.82) is 0 Å². The minimum atomic E-state index is 0.539. The van der Waals surface area contributed by atoms with E-state index in [0.29, 0.717) is 5.70 Å². The zero-order valence-corrected chi connectivity index (χ0v) is 4.12. The zero-order valence-electron chi connectivity index (χ0n) is 4.12. The molecule has 0 aromatic heterocycles. The van der Waals surface area contributed by atoms with E-state index in [-0.39, 0.29) is 0 Å². The Morgan fingerprint density at radius 3 is 2.33 bits per heavy atom. The second kappa shape index (κ2) is 2.76. The van der Waals surface area contributed by atoms with Crippen LogP contribution in [0.5, 0.6) is 0 Å². The zero-order chi connectivity index (χ0) is 4.99. The second-order valence-corrected chi connectivity index (χ2v) is 1.35. The van der Waals surface area contributed by atoms with Crippen molar-refractivity contribution in [2.45, 2.75) is 19.8 Å². The molecule has 0 saturated carbocycles. The van der Waals surface area contributed by atoms with E-state index < -0.39 is 0 Å². The average molecular weight is 84.1 g/mol. The molecular formula is C5H10N-. The number of allylic oxidation sites excluding steroid dienone is 1. The largest absolute Gasteiger partial charge is 0.703 e. The highest BCUT2D eigenvalue weighted by molar-refractivity contribution is 4.98. The number of hydrogen-bond acceptors (Lipinski definition) is 0. The van der Waals surface area contributed by atoms with E-state index in [1.54, 1.807) is 0 Å². The molecule has 0 aromatic carbocycles. The van der Waals surface area contributed by atoms with Crippen molar-refractivity contribution in [2.75, 3.05) is 0 Å². The molecule has 0 aliphatic carbocycles.